The van der Waals surface area contributed by atoms with E-state index in [0.717, 1.165) is 0 Å². The molecule has 2 aliphatic rings. The molecule has 3 aromatic rings. The van der Waals surface area contributed by atoms with Crippen molar-refractivity contribution in [3.05, 3.63) is 53.2 Å². The largest absolute Gasteiger partial charge is 0.482 e. The number of halogens is 2. The first-order valence-electron chi connectivity index (χ1n) is 11.0. The normalized spacial score (nSPS) is 19.4. The molecule has 0 amide bonds. The van der Waals surface area contributed by atoms with Crippen LogP contribution in [0, 0.1) is 5.82 Å². The van der Waals surface area contributed by atoms with Crippen molar-refractivity contribution in [2.45, 2.75) is 50.8 Å². The number of aldehydes is 1. The third-order valence-corrected chi connectivity index (χ3v) is 6.48. The summed E-state index contributed by atoms with van der Waals surface area (Å²) in [5, 5.41) is 4.01. The lowest BCUT2D eigenvalue weighted by atomic mass is 9.81. The molecule has 0 bridgehead atoms. The maximum Gasteiger partial charge on any atom is 0.324 e. The molecule has 5 rings (SSSR count). The van der Waals surface area contributed by atoms with E-state index in [2.05, 4.69) is 15.1 Å². The van der Waals surface area contributed by atoms with E-state index in [1.165, 1.54) is 12.1 Å². The summed E-state index contributed by atoms with van der Waals surface area (Å²) < 4.78 is 41.0. The van der Waals surface area contributed by atoms with Crippen molar-refractivity contribution < 1.29 is 22.8 Å². The Labute approximate surface area is 189 Å². The topological polar surface area (TPSA) is 81.4 Å². The van der Waals surface area contributed by atoms with Gasteiger partial charge in [0.15, 0.2) is 12.1 Å². The Hall–Kier alpha value is -3.36. The molecule has 0 aliphatic carbocycles. The lowest BCUT2D eigenvalue weighted by molar-refractivity contribution is -0.0439. The summed E-state index contributed by atoms with van der Waals surface area (Å²) in [6, 6.07) is 6.47. The number of piperidine rings is 1. The maximum atomic E-state index is 15.4. The molecule has 0 saturated carbocycles. The van der Waals surface area contributed by atoms with E-state index in [0.29, 0.717) is 66.6 Å². The van der Waals surface area contributed by atoms with Crippen molar-refractivity contribution in [2.75, 3.05) is 18.0 Å². The number of nitrogens with zero attached hydrogens (tertiary/aromatic N) is 4. The fourth-order valence-corrected chi connectivity index (χ4v) is 4.42. The van der Waals surface area contributed by atoms with Crippen LogP contribution in [-0.2, 0) is 6.42 Å². The molecule has 2 aliphatic heterocycles. The standard InChI is InChI=1S/C24H24F2N4O3/c1-14(2)22-28-23(33-29-22)30-7-5-24(6-8-30)21(26)11-17-10-19(27-12-20(17)32-24)15-3-4-16(13-31)18(25)9-15/h3-4,9-10,12-14,21H,5-8,11H2,1-2H3. The first-order valence-corrected chi connectivity index (χ1v) is 11.0. The first-order chi connectivity index (χ1) is 15.9. The van der Waals surface area contributed by atoms with Crippen molar-refractivity contribution in [3.8, 4) is 17.0 Å². The quantitative estimate of drug-likeness (QED) is 0.536. The van der Waals surface area contributed by atoms with Crippen LogP contribution in [0.3, 0.4) is 0 Å². The van der Waals surface area contributed by atoms with Crippen molar-refractivity contribution in [3.63, 3.8) is 0 Å². The van der Waals surface area contributed by atoms with Gasteiger partial charge < -0.3 is 14.2 Å². The van der Waals surface area contributed by atoms with Gasteiger partial charge in [-0.15, -0.1) is 0 Å². The fourth-order valence-electron chi connectivity index (χ4n) is 4.42. The van der Waals surface area contributed by atoms with Crippen molar-refractivity contribution in [2.24, 2.45) is 0 Å². The van der Waals surface area contributed by atoms with Crippen LogP contribution in [0.5, 0.6) is 5.75 Å². The van der Waals surface area contributed by atoms with Crippen LogP contribution in [0.25, 0.3) is 11.3 Å². The van der Waals surface area contributed by atoms with Gasteiger partial charge >= 0.3 is 6.01 Å². The molecule has 2 aromatic heterocycles. The number of anilines is 1. The lowest BCUT2D eigenvalue weighted by Crippen LogP contribution is -2.56. The Morgan fingerprint density at radius 3 is 2.70 bits per heavy atom. The predicted octanol–water partition coefficient (Wildman–Crippen LogP) is 4.52. The number of ether oxygens (including phenoxy) is 1. The highest BCUT2D eigenvalue weighted by Crippen LogP contribution is 2.42. The molecule has 7 nitrogen and oxygen atoms in total. The van der Waals surface area contributed by atoms with Gasteiger partial charge in [0.2, 0.25) is 0 Å². The van der Waals surface area contributed by atoms with E-state index in [9.17, 15) is 9.18 Å². The Balaban J connectivity index is 1.33. The minimum absolute atomic E-state index is 0.0156. The van der Waals surface area contributed by atoms with E-state index in [-0.39, 0.29) is 17.9 Å². The summed E-state index contributed by atoms with van der Waals surface area (Å²) in [6.07, 6.45) is 2.00. The van der Waals surface area contributed by atoms with Crippen LogP contribution in [-0.4, -0.2) is 46.3 Å². The average Bonchev–Trinajstić information content (AvgIpc) is 3.31. The number of carbonyl (C=O) groups excluding carboxylic acids is 1. The first kappa shape index (κ1) is 21.5. The number of hydrogen-bond donors (Lipinski definition) is 0. The van der Waals surface area contributed by atoms with E-state index in [1.807, 2.05) is 18.7 Å². The van der Waals surface area contributed by atoms with Crippen LogP contribution in [0.4, 0.5) is 14.8 Å². The molecule has 1 unspecified atom stereocenters. The third kappa shape index (κ3) is 3.85. The van der Waals surface area contributed by atoms with Crippen molar-refractivity contribution in [1.82, 2.24) is 15.1 Å². The highest BCUT2D eigenvalue weighted by molar-refractivity contribution is 5.77. The minimum Gasteiger partial charge on any atom is -0.482 e. The van der Waals surface area contributed by atoms with Gasteiger partial charge in [0.1, 0.15) is 23.3 Å². The van der Waals surface area contributed by atoms with Crippen LogP contribution in [0.15, 0.2) is 35.0 Å². The predicted molar refractivity (Wildman–Crippen MR) is 117 cm³/mol. The summed E-state index contributed by atoms with van der Waals surface area (Å²) in [5.74, 6) is 0.753. The molecule has 0 N–H and O–H groups in total. The summed E-state index contributed by atoms with van der Waals surface area (Å²) in [6.45, 7) is 5.08. The van der Waals surface area contributed by atoms with Gasteiger partial charge in [-0.3, -0.25) is 9.78 Å². The van der Waals surface area contributed by atoms with E-state index in [4.69, 9.17) is 9.26 Å². The number of alkyl halides is 1. The molecule has 1 spiro atoms. The number of aromatic nitrogens is 3. The molecule has 1 atom stereocenters. The van der Waals surface area contributed by atoms with Gasteiger partial charge in [-0.2, -0.15) is 4.98 Å². The highest BCUT2D eigenvalue weighted by Gasteiger charge is 2.48. The summed E-state index contributed by atoms with van der Waals surface area (Å²) >= 11 is 0. The van der Waals surface area contributed by atoms with Crippen LogP contribution in [0.1, 0.15) is 54.4 Å². The highest BCUT2D eigenvalue weighted by atomic mass is 19.1. The Bertz CT molecular complexity index is 1190. The zero-order chi connectivity index (χ0) is 23.2. The monoisotopic (exact) mass is 454 g/mol. The Kier molecular flexibility index (Phi) is 5.34. The average molecular weight is 454 g/mol. The van der Waals surface area contributed by atoms with Gasteiger partial charge in [-0.25, -0.2) is 8.78 Å². The number of benzene rings is 1. The molecule has 9 heteroatoms. The number of pyridine rings is 1. The molecule has 1 fully saturated rings. The van der Waals surface area contributed by atoms with Gasteiger partial charge in [0.25, 0.3) is 0 Å². The van der Waals surface area contributed by atoms with Crippen molar-refractivity contribution in [1.29, 1.82) is 0 Å². The SMILES string of the molecule is CC(C)c1noc(N2CCC3(CC2)Oc2cnc(-c4ccc(C=O)c(F)c4)cc2CC3F)n1. The Morgan fingerprint density at radius 1 is 1.24 bits per heavy atom. The lowest BCUT2D eigenvalue weighted by Gasteiger charge is -2.45. The smallest absolute Gasteiger partial charge is 0.324 e. The van der Waals surface area contributed by atoms with E-state index >= 15 is 4.39 Å². The minimum atomic E-state index is -1.19. The number of hydrogen-bond acceptors (Lipinski definition) is 7. The summed E-state index contributed by atoms with van der Waals surface area (Å²) in [7, 11) is 0. The van der Waals surface area contributed by atoms with Crippen LogP contribution >= 0.6 is 0 Å². The summed E-state index contributed by atoms with van der Waals surface area (Å²) in [4.78, 5) is 21.6. The molecule has 1 saturated heterocycles. The molecule has 33 heavy (non-hydrogen) atoms. The maximum absolute atomic E-state index is 15.4. The zero-order valence-corrected chi connectivity index (χ0v) is 18.4. The van der Waals surface area contributed by atoms with Gasteiger partial charge in [0, 0.05) is 49.4 Å². The molecule has 0 radical (unpaired) electrons. The van der Waals surface area contributed by atoms with Crippen LogP contribution < -0.4 is 9.64 Å². The zero-order valence-electron chi connectivity index (χ0n) is 18.4. The van der Waals surface area contributed by atoms with Crippen LogP contribution in [0.2, 0.25) is 0 Å². The molecular formula is C24H24F2N4O3. The second-order valence-electron chi connectivity index (χ2n) is 8.95. The molecule has 172 valence electrons. The Morgan fingerprint density at radius 2 is 2.03 bits per heavy atom. The fraction of sp³-hybridized carbons (Fsp3) is 0.417. The number of carbonyl (C=O) groups is 1. The van der Waals surface area contributed by atoms with Gasteiger partial charge in [-0.1, -0.05) is 25.1 Å². The van der Waals surface area contributed by atoms with E-state index in [1.54, 1.807) is 18.3 Å². The molecule has 1 aromatic carbocycles. The second kappa shape index (κ2) is 8.20. The van der Waals surface area contributed by atoms with Crippen molar-refractivity contribution >= 4 is 12.3 Å². The summed E-state index contributed by atoms with van der Waals surface area (Å²) in [5.41, 5.74) is 0.775. The van der Waals surface area contributed by atoms with Gasteiger partial charge in [0.05, 0.1) is 17.5 Å². The molecule has 4 heterocycles. The number of rotatable bonds is 4. The third-order valence-electron chi connectivity index (χ3n) is 6.48. The van der Waals surface area contributed by atoms with E-state index < -0.39 is 17.6 Å². The van der Waals surface area contributed by atoms with Gasteiger partial charge in [-0.05, 0) is 18.2 Å². The second-order valence-corrected chi connectivity index (χ2v) is 8.95. The number of fused-ring (bicyclic) bond motifs is 1. The molecular weight excluding hydrogens is 430 g/mol.